The van der Waals surface area contributed by atoms with Crippen LogP contribution in [0.5, 0.6) is 0 Å². The van der Waals surface area contributed by atoms with E-state index in [-0.39, 0.29) is 16.5 Å². The molecule has 0 aliphatic rings. The van der Waals surface area contributed by atoms with E-state index in [0.717, 1.165) is 22.9 Å². The van der Waals surface area contributed by atoms with Crippen LogP contribution in [0.2, 0.25) is 5.02 Å². The summed E-state index contributed by atoms with van der Waals surface area (Å²) in [5, 5.41) is 12.1. The molecule has 0 spiro atoms. The minimum absolute atomic E-state index is 0.0893. The molecule has 0 aromatic heterocycles. The number of hydrogen-bond donors (Lipinski definition) is 2. The largest absolute Gasteiger partial charge is 0.387 e. The Hall–Kier alpha value is -1.99. The van der Waals surface area contributed by atoms with Crippen molar-refractivity contribution in [3.05, 3.63) is 77.1 Å². The number of rotatable bonds is 5. The first-order chi connectivity index (χ1) is 11.9. The molecule has 3 rings (SSSR count). The van der Waals surface area contributed by atoms with Crippen molar-refractivity contribution in [2.75, 3.05) is 6.54 Å². The van der Waals surface area contributed by atoms with Gasteiger partial charge in [-0.15, -0.1) is 0 Å². The Morgan fingerprint density at radius 3 is 2.60 bits per heavy atom. The predicted octanol–water partition coefficient (Wildman–Crippen LogP) is 3.64. The number of fused-ring (bicyclic) bond motifs is 1. The molecule has 1 atom stereocenters. The molecule has 7 heteroatoms. The van der Waals surface area contributed by atoms with E-state index >= 15 is 0 Å². The second-order valence-corrected chi connectivity index (χ2v) is 7.65. The summed E-state index contributed by atoms with van der Waals surface area (Å²) in [5.41, 5.74) is 0.603. The zero-order valence-electron chi connectivity index (χ0n) is 13.0. The monoisotopic (exact) mass is 379 g/mol. The second kappa shape index (κ2) is 7.09. The van der Waals surface area contributed by atoms with E-state index in [2.05, 4.69) is 4.72 Å². The van der Waals surface area contributed by atoms with Crippen LogP contribution in [-0.4, -0.2) is 20.1 Å². The molecule has 0 bridgehead atoms. The molecule has 0 fully saturated rings. The fourth-order valence-corrected chi connectivity index (χ4v) is 4.15. The minimum atomic E-state index is -4.05. The average Bonchev–Trinajstić information content (AvgIpc) is 2.61. The van der Waals surface area contributed by atoms with Crippen LogP contribution in [0.1, 0.15) is 11.7 Å². The molecule has 1 unspecified atom stereocenters. The predicted molar refractivity (Wildman–Crippen MR) is 95.5 cm³/mol. The molecule has 3 aromatic rings. The maximum Gasteiger partial charge on any atom is 0.242 e. The molecule has 0 aliphatic carbocycles. The third kappa shape index (κ3) is 3.82. The molecular weight excluding hydrogens is 365 g/mol. The van der Waals surface area contributed by atoms with Gasteiger partial charge in [0.2, 0.25) is 10.0 Å². The number of halogens is 2. The Bertz CT molecular complexity index is 1020. The van der Waals surface area contributed by atoms with Gasteiger partial charge in [0, 0.05) is 6.54 Å². The van der Waals surface area contributed by atoms with E-state index in [9.17, 15) is 17.9 Å². The molecule has 4 nitrogen and oxygen atoms in total. The molecule has 130 valence electrons. The Labute approximate surface area is 149 Å². The normalized spacial score (nSPS) is 13.1. The standard InChI is InChI=1S/C18H15ClFNO3S/c19-16-9-8-13(20)10-18(16)25(23,24)21-11-17(22)15-7-3-5-12-4-1-2-6-14(12)15/h1-10,17,21-22H,11H2. The summed E-state index contributed by atoms with van der Waals surface area (Å²) < 4.78 is 40.3. The van der Waals surface area contributed by atoms with Crippen LogP contribution < -0.4 is 4.72 Å². The quantitative estimate of drug-likeness (QED) is 0.711. The van der Waals surface area contributed by atoms with Crippen molar-refractivity contribution in [1.82, 2.24) is 4.72 Å². The lowest BCUT2D eigenvalue weighted by molar-refractivity contribution is 0.183. The highest BCUT2D eigenvalue weighted by molar-refractivity contribution is 7.89. The van der Waals surface area contributed by atoms with Crippen molar-refractivity contribution in [3.8, 4) is 0 Å². The topological polar surface area (TPSA) is 66.4 Å². The van der Waals surface area contributed by atoms with Gasteiger partial charge in [-0.25, -0.2) is 17.5 Å². The Morgan fingerprint density at radius 1 is 1.08 bits per heavy atom. The lowest BCUT2D eigenvalue weighted by Crippen LogP contribution is -2.29. The number of aliphatic hydroxyl groups excluding tert-OH is 1. The molecule has 0 radical (unpaired) electrons. The number of nitrogens with one attached hydrogen (secondary N) is 1. The molecule has 0 saturated heterocycles. The van der Waals surface area contributed by atoms with Gasteiger partial charge in [0.25, 0.3) is 0 Å². The number of hydrogen-bond acceptors (Lipinski definition) is 3. The summed E-state index contributed by atoms with van der Waals surface area (Å²) in [4.78, 5) is -0.362. The first-order valence-electron chi connectivity index (χ1n) is 7.49. The number of benzene rings is 3. The van der Waals surface area contributed by atoms with Crippen molar-refractivity contribution < 1.29 is 17.9 Å². The molecule has 0 aliphatic heterocycles. The highest BCUT2D eigenvalue weighted by atomic mass is 35.5. The maximum absolute atomic E-state index is 13.3. The molecule has 3 aromatic carbocycles. The second-order valence-electron chi connectivity index (χ2n) is 5.51. The molecular formula is C18H15ClFNO3S. The van der Waals surface area contributed by atoms with Crippen molar-refractivity contribution in [3.63, 3.8) is 0 Å². The van der Waals surface area contributed by atoms with Gasteiger partial charge in [-0.1, -0.05) is 54.1 Å². The smallest absolute Gasteiger partial charge is 0.242 e. The maximum atomic E-state index is 13.3. The zero-order chi connectivity index (χ0) is 18.0. The van der Waals surface area contributed by atoms with Gasteiger partial charge in [0.1, 0.15) is 10.7 Å². The minimum Gasteiger partial charge on any atom is -0.387 e. The van der Waals surface area contributed by atoms with Crippen molar-refractivity contribution >= 4 is 32.4 Å². The van der Waals surface area contributed by atoms with Crippen LogP contribution in [0.15, 0.2) is 65.6 Å². The molecule has 0 saturated carbocycles. The number of sulfonamides is 1. The SMILES string of the molecule is O=S(=O)(NCC(O)c1cccc2ccccc12)c1cc(F)ccc1Cl. The summed E-state index contributed by atoms with van der Waals surface area (Å²) in [6.07, 6.45) is -1.06. The first-order valence-corrected chi connectivity index (χ1v) is 9.35. The fourth-order valence-electron chi connectivity index (χ4n) is 2.60. The van der Waals surface area contributed by atoms with Gasteiger partial charge in [0.15, 0.2) is 0 Å². The van der Waals surface area contributed by atoms with E-state index in [4.69, 9.17) is 11.6 Å². The van der Waals surface area contributed by atoms with E-state index in [1.54, 1.807) is 12.1 Å². The highest BCUT2D eigenvalue weighted by Gasteiger charge is 2.21. The van der Waals surface area contributed by atoms with Crippen LogP contribution >= 0.6 is 11.6 Å². The summed E-state index contributed by atoms with van der Waals surface area (Å²) in [6.45, 7) is -0.261. The summed E-state index contributed by atoms with van der Waals surface area (Å²) in [7, 11) is -4.05. The van der Waals surface area contributed by atoms with Crippen LogP contribution in [0.25, 0.3) is 10.8 Å². The molecule has 25 heavy (non-hydrogen) atoms. The lowest BCUT2D eigenvalue weighted by Gasteiger charge is -2.15. The van der Waals surface area contributed by atoms with Crippen LogP contribution in [-0.2, 0) is 10.0 Å². The Morgan fingerprint density at radius 2 is 1.80 bits per heavy atom. The van der Waals surface area contributed by atoms with E-state index < -0.39 is 21.9 Å². The van der Waals surface area contributed by atoms with E-state index in [1.165, 1.54) is 6.07 Å². The third-order valence-electron chi connectivity index (χ3n) is 3.83. The van der Waals surface area contributed by atoms with Crippen molar-refractivity contribution in [2.24, 2.45) is 0 Å². The zero-order valence-corrected chi connectivity index (χ0v) is 14.6. The average molecular weight is 380 g/mol. The third-order valence-corrected chi connectivity index (χ3v) is 5.74. The summed E-state index contributed by atoms with van der Waals surface area (Å²) in [5.74, 6) is -0.709. The van der Waals surface area contributed by atoms with Gasteiger partial charge in [-0.3, -0.25) is 0 Å². The molecule has 2 N–H and O–H groups in total. The Balaban J connectivity index is 1.84. The van der Waals surface area contributed by atoms with Crippen LogP contribution in [0.3, 0.4) is 0 Å². The van der Waals surface area contributed by atoms with E-state index in [1.807, 2.05) is 30.3 Å². The summed E-state index contributed by atoms with van der Waals surface area (Å²) in [6, 6.07) is 16.0. The van der Waals surface area contributed by atoms with Gasteiger partial charge in [-0.2, -0.15) is 0 Å². The summed E-state index contributed by atoms with van der Waals surface area (Å²) >= 11 is 5.84. The van der Waals surface area contributed by atoms with Gasteiger partial charge < -0.3 is 5.11 Å². The first kappa shape index (κ1) is 17.8. The highest BCUT2D eigenvalue weighted by Crippen LogP contribution is 2.25. The molecule has 0 heterocycles. The van der Waals surface area contributed by atoms with Gasteiger partial charge >= 0.3 is 0 Å². The van der Waals surface area contributed by atoms with Crippen LogP contribution in [0, 0.1) is 5.82 Å². The Kier molecular flexibility index (Phi) is 5.06. The van der Waals surface area contributed by atoms with E-state index in [0.29, 0.717) is 5.56 Å². The molecule has 0 amide bonds. The van der Waals surface area contributed by atoms with Gasteiger partial charge in [0.05, 0.1) is 11.1 Å². The van der Waals surface area contributed by atoms with Crippen molar-refractivity contribution in [1.29, 1.82) is 0 Å². The fraction of sp³-hybridized carbons (Fsp3) is 0.111. The van der Waals surface area contributed by atoms with Crippen molar-refractivity contribution in [2.45, 2.75) is 11.0 Å². The van der Waals surface area contributed by atoms with Crippen LogP contribution in [0.4, 0.5) is 4.39 Å². The number of aliphatic hydroxyl groups is 1. The lowest BCUT2D eigenvalue weighted by atomic mass is 10.0. The van der Waals surface area contributed by atoms with Gasteiger partial charge in [-0.05, 0) is 34.5 Å².